The minimum atomic E-state index is -0.396. The maximum Gasteiger partial charge on any atom is 0.141 e. The third-order valence-corrected chi connectivity index (χ3v) is 4.72. The molecule has 0 aliphatic rings. The third-order valence-electron chi connectivity index (χ3n) is 2.29. The number of anilines is 1. The Balaban J connectivity index is 2.04. The van der Waals surface area contributed by atoms with Gasteiger partial charge in [0.1, 0.15) is 5.82 Å². The van der Waals surface area contributed by atoms with Crippen LogP contribution in [0.3, 0.4) is 0 Å². The molecule has 90 valence electrons. The van der Waals surface area contributed by atoms with E-state index >= 15 is 0 Å². The van der Waals surface area contributed by atoms with E-state index in [1.165, 1.54) is 15.8 Å². The lowest BCUT2D eigenvalue weighted by atomic mass is 10.3. The van der Waals surface area contributed by atoms with E-state index in [1.807, 2.05) is 0 Å². The van der Waals surface area contributed by atoms with Crippen molar-refractivity contribution in [2.24, 2.45) is 0 Å². The number of rotatable bonds is 3. The molecule has 1 N–H and O–H groups in total. The summed E-state index contributed by atoms with van der Waals surface area (Å²) in [4.78, 5) is 2.47. The molecule has 0 bridgehead atoms. The molecule has 1 aromatic carbocycles. The van der Waals surface area contributed by atoms with Crippen LogP contribution >= 0.6 is 38.9 Å². The van der Waals surface area contributed by atoms with E-state index in [2.05, 4.69) is 34.2 Å². The molecule has 0 fully saturated rings. The van der Waals surface area contributed by atoms with Crippen molar-refractivity contribution in [1.29, 1.82) is 0 Å². The van der Waals surface area contributed by atoms with Crippen LogP contribution in [0.25, 0.3) is 0 Å². The van der Waals surface area contributed by atoms with Crippen molar-refractivity contribution >= 4 is 44.6 Å². The molecule has 1 heterocycles. The van der Waals surface area contributed by atoms with Crippen molar-refractivity contribution in [3.63, 3.8) is 0 Å². The minimum Gasteiger partial charge on any atom is -0.380 e. The predicted octanol–water partition coefficient (Wildman–Crippen LogP) is 5.22. The molecule has 0 aliphatic carbocycles. The van der Waals surface area contributed by atoms with Gasteiger partial charge in [-0.1, -0.05) is 11.6 Å². The first-order chi connectivity index (χ1) is 8.06. The lowest BCUT2D eigenvalue weighted by Crippen LogP contribution is -1.97. The molecule has 2 rings (SSSR count). The molecule has 5 heteroatoms. The number of halogens is 3. The van der Waals surface area contributed by atoms with Gasteiger partial charge in [0.05, 0.1) is 5.02 Å². The zero-order valence-corrected chi connectivity index (χ0v) is 12.2. The van der Waals surface area contributed by atoms with Gasteiger partial charge in [-0.2, -0.15) is 0 Å². The molecule has 0 saturated carbocycles. The van der Waals surface area contributed by atoms with Gasteiger partial charge in [-0.05, 0) is 47.1 Å². The second kappa shape index (κ2) is 5.38. The molecule has 0 aliphatic heterocycles. The number of thiophene rings is 1. The van der Waals surface area contributed by atoms with Crippen molar-refractivity contribution < 1.29 is 4.39 Å². The Morgan fingerprint density at radius 1 is 1.41 bits per heavy atom. The molecule has 0 saturated heterocycles. The topological polar surface area (TPSA) is 12.0 Å². The lowest BCUT2D eigenvalue weighted by Gasteiger charge is -2.05. The van der Waals surface area contributed by atoms with Gasteiger partial charge in [0.15, 0.2) is 0 Å². The highest BCUT2D eigenvalue weighted by molar-refractivity contribution is 9.10. The maximum atomic E-state index is 13.0. The molecule has 0 unspecified atom stereocenters. The summed E-state index contributed by atoms with van der Waals surface area (Å²) >= 11 is 10.9. The largest absolute Gasteiger partial charge is 0.380 e. The summed E-state index contributed by atoms with van der Waals surface area (Å²) in [5.41, 5.74) is 0.818. The Hall–Kier alpha value is -0.580. The second-order valence-electron chi connectivity index (χ2n) is 3.60. The standard InChI is InChI=1S/C12H10BrClFNS/c1-7-10(13)5-9(17-7)6-16-8-2-3-12(15)11(14)4-8/h2-5,16H,6H2,1H3. The molecule has 1 nitrogen and oxygen atoms in total. The fraction of sp³-hybridized carbons (Fsp3) is 0.167. The van der Waals surface area contributed by atoms with Gasteiger partial charge in [-0.15, -0.1) is 11.3 Å². The van der Waals surface area contributed by atoms with E-state index in [0.29, 0.717) is 6.54 Å². The first-order valence-electron chi connectivity index (χ1n) is 5.00. The Morgan fingerprint density at radius 3 is 2.76 bits per heavy atom. The van der Waals surface area contributed by atoms with Crippen molar-refractivity contribution in [2.45, 2.75) is 13.5 Å². The summed E-state index contributed by atoms with van der Waals surface area (Å²) in [6.45, 7) is 2.77. The van der Waals surface area contributed by atoms with Gasteiger partial charge in [0, 0.05) is 26.5 Å². The van der Waals surface area contributed by atoms with E-state index in [9.17, 15) is 4.39 Å². The van der Waals surface area contributed by atoms with Crippen LogP contribution in [0.1, 0.15) is 9.75 Å². The minimum absolute atomic E-state index is 0.138. The highest BCUT2D eigenvalue weighted by Crippen LogP contribution is 2.27. The summed E-state index contributed by atoms with van der Waals surface area (Å²) in [6, 6.07) is 6.71. The van der Waals surface area contributed by atoms with Crippen LogP contribution in [0.15, 0.2) is 28.7 Å². The monoisotopic (exact) mass is 333 g/mol. The van der Waals surface area contributed by atoms with Crippen LogP contribution in [0.4, 0.5) is 10.1 Å². The van der Waals surface area contributed by atoms with Gasteiger partial charge in [-0.25, -0.2) is 4.39 Å². The van der Waals surface area contributed by atoms with E-state index in [1.54, 1.807) is 23.5 Å². The summed E-state index contributed by atoms with van der Waals surface area (Å²) < 4.78 is 14.1. The average Bonchev–Trinajstić information content (AvgIpc) is 2.60. The SMILES string of the molecule is Cc1sc(CNc2ccc(F)c(Cl)c2)cc1Br. The number of hydrogen-bond acceptors (Lipinski definition) is 2. The first-order valence-corrected chi connectivity index (χ1v) is 6.99. The van der Waals surface area contributed by atoms with Crippen molar-refractivity contribution in [3.8, 4) is 0 Å². The Labute approximate surface area is 117 Å². The van der Waals surface area contributed by atoms with Crippen LogP contribution in [-0.4, -0.2) is 0 Å². The average molecular weight is 335 g/mol. The Morgan fingerprint density at radius 2 is 2.18 bits per heavy atom. The number of nitrogens with one attached hydrogen (secondary N) is 1. The third kappa shape index (κ3) is 3.21. The fourth-order valence-electron chi connectivity index (χ4n) is 1.40. The fourth-order valence-corrected chi connectivity index (χ4v) is 3.12. The van der Waals surface area contributed by atoms with Crippen LogP contribution in [-0.2, 0) is 6.54 Å². The summed E-state index contributed by atoms with van der Waals surface area (Å²) in [5.74, 6) is -0.396. The van der Waals surface area contributed by atoms with Crippen molar-refractivity contribution in [3.05, 3.63) is 49.3 Å². The molecule has 0 amide bonds. The van der Waals surface area contributed by atoms with Gasteiger partial charge in [0.2, 0.25) is 0 Å². The molecule has 0 radical (unpaired) electrons. The molecular formula is C12H10BrClFNS. The van der Waals surface area contributed by atoms with Crippen molar-refractivity contribution in [2.75, 3.05) is 5.32 Å². The smallest absolute Gasteiger partial charge is 0.141 e. The zero-order chi connectivity index (χ0) is 12.4. The van der Waals surface area contributed by atoms with E-state index in [0.717, 1.165) is 10.2 Å². The molecule has 17 heavy (non-hydrogen) atoms. The Kier molecular flexibility index (Phi) is 4.07. The maximum absolute atomic E-state index is 13.0. The van der Waals surface area contributed by atoms with Crippen molar-refractivity contribution in [1.82, 2.24) is 0 Å². The van der Waals surface area contributed by atoms with Crippen LogP contribution in [0, 0.1) is 12.7 Å². The number of hydrogen-bond donors (Lipinski definition) is 1. The number of aryl methyl sites for hydroxylation is 1. The van der Waals surface area contributed by atoms with Crippen LogP contribution < -0.4 is 5.32 Å². The molecular weight excluding hydrogens is 325 g/mol. The van der Waals surface area contributed by atoms with Crippen LogP contribution in [0.5, 0.6) is 0 Å². The molecule has 2 aromatic rings. The van der Waals surface area contributed by atoms with Gasteiger partial charge in [-0.3, -0.25) is 0 Å². The highest BCUT2D eigenvalue weighted by atomic mass is 79.9. The first kappa shape index (κ1) is 12.9. The van der Waals surface area contributed by atoms with E-state index < -0.39 is 5.82 Å². The van der Waals surface area contributed by atoms with Gasteiger partial charge in [0.25, 0.3) is 0 Å². The summed E-state index contributed by atoms with van der Waals surface area (Å²) in [5, 5.41) is 3.35. The Bertz CT molecular complexity index is 522. The van der Waals surface area contributed by atoms with Gasteiger partial charge >= 0.3 is 0 Å². The zero-order valence-electron chi connectivity index (χ0n) is 9.06. The van der Waals surface area contributed by atoms with Crippen LogP contribution in [0.2, 0.25) is 5.02 Å². The molecule has 0 atom stereocenters. The van der Waals surface area contributed by atoms with Gasteiger partial charge < -0.3 is 5.32 Å². The predicted molar refractivity (Wildman–Crippen MR) is 75.5 cm³/mol. The lowest BCUT2D eigenvalue weighted by molar-refractivity contribution is 0.628. The summed E-state index contributed by atoms with van der Waals surface area (Å²) in [7, 11) is 0. The summed E-state index contributed by atoms with van der Waals surface area (Å²) in [6.07, 6.45) is 0. The van der Waals surface area contributed by atoms with E-state index in [-0.39, 0.29) is 5.02 Å². The molecule has 1 aromatic heterocycles. The second-order valence-corrected chi connectivity index (χ2v) is 6.20. The highest BCUT2D eigenvalue weighted by Gasteiger charge is 2.04. The quantitative estimate of drug-likeness (QED) is 0.811. The van der Waals surface area contributed by atoms with E-state index in [4.69, 9.17) is 11.6 Å². The molecule has 0 spiro atoms. The normalized spacial score (nSPS) is 10.6. The number of benzene rings is 1.